The van der Waals surface area contributed by atoms with Crippen LogP contribution in [0.25, 0.3) is 0 Å². The van der Waals surface area contributed by atoms with Crippen molar-refractivity contribution in [1.82, 2.24) is 20.2 Å². The quantitative estimate of drug-likeness (QED) is 0.0678. The standard InChI is InChI=1S/C36H59ClN4O9/c1-5-35(4,16-20-49-34(2,3)14-8-6-7-9-17-37)50-21-18-38-30(43)27-12-10-26(11-13-27)23-39-31(44)28-24-41(33(46)40-32(28)45)29-22-36(47,15-19-42)25-48-29/h5,24,26-27,29,42,47H,1,6-23,25H2,2-4H3,(H,38,43)(H,39,44)(H,40,45,46). The van der Waals surface area contributed by atoms with Gasteiger partial charge in [-0.3, -0.25) is 23.9 Å². The van der Waals surface area contributed by atoms with Gasteiger partial charge in [-0.2, -0.15) is 0 Å². The number of hydrogen-bond acceptors (Lipinski definition) is 9. The van der Waals surface area contributed by atoms with Crippen LogP contribution in [-0.4, -0.2) is 93.8 Å². The Kier molecular flexibility index (Phi) is 16.7. The minimum atomic E-state index is -1.30. The third-order valence-electron chi connectivity index (χ3n) is 9.99. The number of ether oxygens (including phenoxy) is 3. The molecule has 284 valence electrons. The molecule has 3 unspecified atom stereocenters. The van der Waals surface area contributed by atoms with E-state index in [1.54, 1.807) is 6.08 Å². The monoisotopic (exact) mass is 726 g/mol. The Bertz CT molecular complexity index is 1360. The van der Waals surface area contributed by atoms with Crippen molar-refractivity contribution in [1.29, 1.82) is 0 Å². The molecule has 3 atom stereocenters. The van der Waals surface area contributed by atoms with Gasteiger partial charge < -0.3 is 35.1 Å². The zero-order valence-corrected chi connectivity index (χ0v) is 30.9. The van der Waals surface area contributed by atoms with Gasteiger partial charge in [0.05, 0.1) is 36.6 Å². The molecular weight excluding hydrogens is 668 g/mol. The van der Waals surface area contributed by atoms with E-state index in [1.165, 1.54) is 0 Å². The lowest BCUT2D eigenvalue weighted by atomic mass is 9.81. The van der Waals surface area contributed by atoms with Gasteiger partial charge in [0.15, 0.2) is 0 Å². The van der Waals surface area contributed by atoms with Gasteiger partial charge in [0.1, 0.15) is 11.8 Å². The molecule has 2 heterocycles. The predicted octanol–water partition coefficient (Wildman–Crippen LogP) is 3.56. The molecule has 5 N–H and O–H groups in total. The summed E-state index contributed by atoms with van der Waals surface area (Å²) in [6, 6.07) is 0. The first kappa shape index (κ1) is 41.9. The molecule has 13 nitrogen and oxygen atoms in total. The first-order chi connectivity index (χ1) is 23.7. The Morgan fingerprint density at radius 1 is 1.10 bits per heavy atom. The van der Waals surface area contributed by atoms with E-state index in [1.807, 2.05) is 6.92 Å². The Morgan fingerprint density at radius 3 is 2.50 bits per heavy atom. The highest BCUT2D eigenvalue weighted by molar-refractivity contribution is 6.17. The maximum absolute atomic E-state index is 12.9. The third-order valence-corrected chi connectivity index (χ3v) is 10.3. The van der Waals surface area contributed by atoms with E-state index < -0.39 is 34.6 Å². The van der Waals surface area contributed by atoms with Crippen LogP contribution >= 0.6 is 11.6 Å². The summed E-state index contributed by atoms with van der Waals surface area (Å²) in [7, 11) is 0. The van der Waals surface area contributed by atoms with Crippen LogP contribution in [0.1, 0.15) is 114 Å². The minimum Gasteiger partial charge on any atom is -0.396 e. The first-order valence-corrected chi connectivity index (χ1v) is 18.6. The Hall–Kier alpha value is -2.55. The van der Waals surface area contributed by atoms with Crippen molar-refractivity contribution in [2.45, 2.75) is 121 Å². The van der Waals surface area contributed by atoms with Crippen molar-refractivity contribution in [2.24, 2.45) is 11.8 Å². The van der Waals surface area contributed by atoms with Gasteiger partial charge >= 0.3 is 5.69 Å². The van der Waals surface area contributed by atoms with Crippen LogP contribution in [0, 0.1) is 11.8 Å². The van der Waals surface area contributed by atoms with E-state index in [2.05, 4.69) is 36.0 Å². The summed E-state index contributed by atoms with van der Waals surface area (Å²) < 4.78 is 18.9. The van der Waals surface area contributed by atoms with Crippen molar-refractivity contribution in [3.8, 4) is 0 Å². The molecule has 0 radical (unpaired) electrons. The van der Waals surface area contributed by atoms with Gasteiger partial charge in [-0.05, 0) is 65.2 Å². The lowest BCUT2D eigenvalue weighted by Gasteiger charge is -2.31. The molecule has 0 bridgehead atoms. The number of alkyl halides is 1. The van der Waals surface area contributed by atoms with Crippen molar-refractivity contribution in [2.75, 3.05) is 45.4 Å². The summed E-state index contributed by atoms with van der Waals surface area (Å²) in [6.45, 7) is 11.4. The average Bonchev–Trinajstić information content (AvgIpc) is 3.46. The highest BCUT2D eigenvalue weighted by Gasteiger charge is 2.39. The molecular formula is C36H59ClN4O9. The fourth-order valence-corrected chi connectivity index (χ4v) is 6.70. The maximum atomic E-state index is 12.9. The van der Waals surface area contributed by atoms with Crippen molar-refractivity contribution in [3.63, 3.8) is 0 Å². The van der Waals surface area contributed by atoms with Gasteiger partial charge in [-0.1, -0.05) is 25.3 Å². The van der Waals surface area contributed by atoms with Crippen molar-refractivity contribution in [3.05, 3.63) is 45.3 Å². The lowest BCUT2D eigenvalue weighted by molar-refractivity contribution is -0.126. The van der Waals surface area contributed by atoms with E-state index in [-0.39, 0.29) is 55.0 Å². The SMILES string of the molecule is C=CC(C)(CCOC(C)(C)CCCCCCCl)OCCNC(=O)C1CCC(CNC(=O)c2cn(C3CC(O)(CCO)CO3)c(=O)[nH]c2=O)CC1. The second kappa shape index (κ2) is 19.9. The molecule has 1 aromatic heterocycles. The number of halogens is 1. The van der Waals surface area contributed by atoms with E-state index >= 15 is 0 Å². The molecule has 3 rings (SSSR count). The Morgan fingerprint density at radius 2 is 1.82 bits per heavy atom. The number of amides is 2. The number of aromatic amines is 1. The average molecular weight is 727 g/mol. The molecule has 1 saturated carbocycles. The third kappa shape index (κ3) is 13.2. The van der Waals surface area contributed by atoms with Crippen LogP contribution in [0.5, 0.6) is 0 Å². The number of H-pyrrole nitrogens is 1. The van der Waals surface area contributed by atoms with Crippen molar-refractivity contribution < 1.29 is 34.0 Å². The van der Waals surface area contributed by atoms with E-state index in [9.17, 15) is 29.4 Å². The Labute approximate surface area is 300 Å². The molecule has 1 aliphatic heterocycles. The number of nitrogens with zero attached hydrogens (tertiary/aromatic N) is 1. The second-order valence-corrected chi connectivity index (χ2v) is 15.1. The second-order valence-electron chi connectivity index (χ2n) is 14.7. The van der Waals surface area contributed by atoms with Crippen LogP contribution in [0.2, 0.25) is 0 Å². The van der Waals surface area contributed by atoms with E-state index in [0.717, 1.165) is 55.7 Å². The molecule has 1 aliphatic carbocycles. The fourth-order valence-electron chi connectivity index (χ4n) is 6.51. The molecule has 2 aliphatic rings. The van der Waals surface area contributed by atoms with Crippen LogP contribution in [0.15, 0.2) is 28.4 Å². The zero-order valence-electron chi connectivity index (χ0n) is 30.1. The predicted molar refractivity (Wildman–Crippen MR) is 191 cm³/mol. The normalized spacial score (nSPS) is 23.7. The van der Waals surface area contributed by atoms with E-state index in [4.69, 9.17) is 25.8 Å². The number of nitrogens with one attached hydrogen (secondary N) is 3. The molecule has 1 aromatic rings. The number of carbonyl (C=O) groups is 2. The number of aromatic nitrogens is 2. The van der Waals surface area contributed by atoms with Gasteiger partial charge in [0.25, 0.3) is 11.5 Å². The first-order valence-electron chi connectivity index (χ1n) is 18.1. The molecule has 1 saturated heterocycles. The van der Waals surface area contributed by atoms with Gasteiger partial charge in [-0.25, -0.2) is 4.79 Å². The highest BCUT2D eigenvalue weighted by Crippen LogP contribution is 2.33. The molecule has 0 spiro atoms. The van der Waals surface area contributed by atoms with Gasteiger partial charge in [0, 0.05) is 57.0 Å². The summed E-state index contributed by atoms with van der Waals surface area (Å²) in [5, 5.41) is 25.5. The Balaban J connectivity index is 1.35. The number of unbranched alkanes of at least 4 members (excludes halogenated alkanes) is 3. The fraction of sp³-hybridized carbons (Fsp3) is 0.778. The maximum Gasteiger partial charge on any atom is 0.330 e. The number of aliphatic hydroxyl groups excluding tert-OH is 1. The number of hydrogen-bond donors (Lipinski definition) is 5. The summed E-state index contributed by atoms with van der Waals surface area (Å²) in [5.74, 6) is 0.0878. The van der Waals surface area contributed by atoms with Crippen LogP contribution < -0.4 is 21.9 Å². The number of aliphatic hydroxyl groups is 2. The van der Waals surface area contributed by atoms with E-state index in [0.29, 0.717) is 51.4 Å². The topological polar surface area (TPSA) is 181 Å². The molecule has 2 amide bonds. The molecule has 14 heteroatoms. The van der Waals surface area contributed by atoms with Crippen molar-refractivity contribution >= 4 is 23.4 Å². The number of carbonyl (C=O) groups excluding carboxylic acids is 2. The van der Waals surface area contributed by atoms with Crippen LogP contribution in [0.4, 0.5) is 0 Å². The zero-order chi connectivity index (χ0) is 36.8. The molecule has 2 fully saturated rings. The van der Waals surface area contributed by atoms with Gasteiger partial charge in [0.2, 0.25) is 5.91 Å². The molecule has 0 aromatic carbocycles. The summed E-state index contributed by atoms with van der Waals surface area (Å²) >= 11 is 5.76. The smallest absolute Gasteiger partial charge is 0.330 e. The summed E-state index contributed by atoms with van der Waals surface area (Å²) in [6.07, 6.45) is 11.1. The summed E-state index contributed by atoms with van der Waals surface area (Å²) in [5.41, 5.74) is -3.89. The molecule has 50 heavy (non-hydrogen) atoms. The van der Waals surface area contributed by atoms with Crippen LogP contribution in [0.3, 0.4) is 0 Å². The number of rotatable bonds is 22. The van der Waals surface area contributed by atoms with Gasteiger partial charge in [-0.15, -0.1) is 18.2 Å². The lowest BCUT2D eigenvalue weighted by Crippen LogP contribution is -2.40. The highest BCUT2D eigenvalue weighted by atomic mass is 35.5. The van der Waals surface area contributed by atoms with Crippen LogP contribution in [-0.2, 0) is 19.0 Å². The summed E-state index contributed by atoms with van der Waals surface area (Å²) in [4.78, 5) is 52.8. The minimum absolute atomic E-state index is 0.0127. The largest absolute Gasteiger partial charge is 0.396 e.